The Bertz CT molecular complexity index is 424. The summed E-state index contributed by atoms with van der Waals surface area (Å²) in [6, 6.07) is 0. The normalized spacial score (nSPS) is 28.4. The highest BCUT2D eigenvalue weighted by molar-refractivity contribution is 5.83. The molecule has 2 bridgehead atoms. The average Bonchev–Trinajstić information content (AvgIpc) is 2.54. The van der Waals surface area contributed by atoms with E-state index in [9.17, 15) is 9.59 Å². The Labute approximate surface area is 146 Å². The summed E-state index contributed by atoms with van der Waals surface area (Å²) in [5.41, 5.74) is 0. The Balaban J connectivity index is 1.99. The van der Waals surface area contributed by atoms with E-state index in [1.165, 1.54) is 0 Å². The molecular formula is C20H32O4. The minimum Gasteiger partial charge on any atom is -0.465 e. The van der Waals surface area contributed by atoms with Gasteiger partial charge in [-0.2, -0.15) is 0 Å². The molecule has 3 rings (SSSR count). The molecule has 24 heavy (non-hydrogen) atoms. The summed E-state index contributed by atoms with van der Waals surface area (Å²) in [6.45, 7) is 9.29. The lowest BCUT2D eigenvalue weighted by Gasteiger charge is -2.42. The number of hydrogen-bond donors (Lipinski definition) is 0. The third kappa shape index (κ3) is 4.84. The van der Waals surface area contributed by atoms with Gasteiger partial charge in [-0.25, -0.2) is 0 Å². The summed E-state index contributed by atoms with van der Waals surface area (Å²) in [4.78, 5) is 25.2. The Hall–Kier alpha value is -1.32. The van der Waals surface area contributed by atoms with Crippen molar-refractivity contribution in [2.24, 2.45) is 35.5 Å². The van der Waals surface area contributed by atoms with Crippen molar-refractivity contribution in [1.29, 1.82) is 0 Å². The molecule has 3 aliphatic rings. The summed E-state index contributed by atoms with van der Waals surface area (Å²) in [7, 11) is 0. The number of carbonyl (C=O) groups is 2. The molecule has 4 nitrogen and oxygen atoms in total. The minimum absolute atomic E-state index is 0.115. The van der Waals surface area contributed by atoms with Crippen LogP contribution < -0.4 is 0 Å². The van der Waals surface area contributed by atoms with Gasteiger partial charge in [-0.15, -0.1) is 0 Å². The van der Waals surface area contributed by atoms with Gasteiger partial charge in [0.1, 0.15) is 0 Å². The molecule has 0 saturated heterocycles. The van der Waals surface area contributed by atoms with Gasteiger partial charge in [0.25, 0.3) is 0 Å². The van der Waals surface area contributed by atoms with E-state index in [2.05, 4.69) is 39.8 Å². The highest BCUT2D eigenvalue weighted by Crippen LogP contribution is 2.46. The van der Waals surface area contributed by atoms with Gasteiger partial charge < -0.3 is 9.47 Å². The lowest BCUT2D eigenvalue weighted by atomic mass is 9.62. The second-order valence-corrected chi connectivity index (χ2v) is 8.04. The van der Waals surface area contributed by atoms with Crippen LogP contribution in [0.3, 0.4) is 0 Å². The molecule has 3 aliphatic carbocycles. The number of esters is 2. The Morgan fingerprint density at radius 2 is 1.21 bits per heavy atom. The largest absolute Gasteiger partial charge is 0.465 e. The van der Waals surface area contributed by atoms with E-state index in [0.717, 1.165) is 25.7 Å². The zero-order valence-corrected chi connectivity index (χ0v) is 15.5. The first kappa shape index (κ1) is 19.0. The summed E-state index contributed by atoms with van der Waals surface area (Å²) >= 11 is 0. The number of ether oxygens (including phenoxy) is 2. The molecule has 4 atom stereocenters. The van der Waals surface area contributed by atoms with Gasteiger partial charge in [0.05, 0.1) is 25.0 Å². The molecule has 0 aromatic rings. The fourth-order valence-corrected chi connectivity index (χ4v) is 3.62. The van der Waals surface area contributed by atoms with Crippen LogP contribution in [0.25, 0.3) is 0 Å². The van der Waals surface area contributed by atoms with Crippen molar-refractivity contribution in [1.82, 2.24) is 0 Å². The molecule has 1 saturated carbocycles. The van der Waals surface area contributed by atoms with Crippen LogP contribution in [-0.2, 0) is 19.1 Å². The molecule has 1 fully saturated rings. The molecular weight excluding hydrogens is 304 g/mol. The summed E-state index contributed by atoms with van der Waals surface area (Å²) in [5.74, 6) is 0.0453. The molecule has 0 N–H and O–H groups in total. The Morgan fingerprint density at radius 1 is 0.833 bits per heavy atom. The predicted octanol–water partition coefficient (Wildman–Crippen LogP) is 3.99. The van der Waals surface area contributed by atoms with Crippen molar-refractivity contribution in [2.45, 2.75) is 53.4 Å². The van der Waals surface area contributed by atoms with Gasteiger partial charge >= 0.3 is 11.9 Å². The maximum atomic E-state index is 12.6. The average molecular weight is 336 g/mol. The van der Waals surface area contributed by atoms with Crippen LogP contribution in [0.5, 0.6) is 0 Å². The Morgan fingerprint density at radius 3 is 1.50 bits per heavy atom. The molecule has 0 heterocycles. The predicted molar refractivity (Wildman–Crippen MR) is 93.2 cm³/mol. The van der Waals surface area contributed by atoms with Crippen LogP contribution in [0.4, 0.5) is 0 Å². The number of carbonyl (C=O) groups excluding carboxylic acids is 2. The quantitative estimate of drug-likeness (QED) is 0.497. The number of allylic oxidation sites excluding steroid dienone is 2. The van der Waals surface area contributed by atoms with Crippen LogP contribution in [-0.4, -0.2) is 25.2 Å². The van der Waals surface area contributed by atoms with Gasteiger partial charge in [-0.3, -0.25) is 9.59 Å². The number of fused-ring (bicyclic) bond motifs is 2. The van der Waals surface area contributed by atoms with Crippen molar-refractivity contribution in [3.05, 3.63) is 12.2 Å². The second-order valence-electron chi connectivity index (χ2n) is 8.04. The molecule has 0 aliphatic heterocycles. The van der Waals surface area contributed by atoms with Gasteiger partial charge in [-0.1, -0.05) is 39.8 Å². The van der Waals surface area contributed by atoms with Crippen molar-refractivity contribution in [2.75, 3.05) is 13.2 Å². The van der Waals surface area contributed by atoms with Crippen molar-refractivity contribution in [3.8, 4) is 0 Å². The van der Waals surface area contributed by atoms with Crippen LogP contribution in [0, 0.1) is 35.5 Å². The van der Waals surface area contributed by atoms with Gasteiger partial charge in [0.15, 0.2) is 0 Å². The van der Waals surface area contributed by atoms with Crippen molar-refractivity contribution < 1.29 is 19.1 Å². The van der Waals surface area contributed by atoms with Gasteiger partial charge in [-0.05, 0) is 49.4 Å². The van der Waals surface area contributed by atoms with Gasteiger partial charge in [0, 0.05) is 0 Å². The monoisotopic (exact) mass is 336 g/mol. The van der Waals surface area contributed by atoms with Crippen LogP contribution >= 0.6 is 0 Å². The molecule has 0 spiro atoms. The lowest BCUT2D eigenvalue weighted by Crippen LogP contribution is -2.46. The topological polar surface area (TPSA) is 52.6 Å². The molecule has 0 aromatic carbocycles. The first-order valence-electron chi connectivity index (χ1n) is 9.41. The first-order chi connectivity index (χ1) is 11.4. The van der Waals surface area contributed by atoms with E-state index in [1.807, 2.05) is 0 Å². The molecule has 4 heteroatoms. The summed E-state index contributed by atoms with van der Waals surface area (Å²) in [6.07, 6.45) is 7.82. The maximum Gasteiger partial charge on any atom is 0.310 e. The standard InChI is InChI=1S/C20H32O4/c1-13(2)9-11-23-19(21)17-15-5-7-16(8-6-15)18(17)20(22)24-12-10-14(3)4/h5,7,13-18H,6,8-12H2,1-4H3. The van der Waals surface area contributed by atoms with Crippen LogP contribution in [0.2, 0.25) is 0 Å². The third-order valence-electron chi connectivity index (χ3n) is 5.17. The van der Waals surface area contributed by atoms with E-state index >= 15 is 0 Å². The smallest absolute Gasteiger partial charge is 0.310 e. The fraction of sp³-hybridized carbons (Fsp3) is 0.800. The molecule has 136 valence electrons. The SMILES string of the molecule is CC(C)CCOC(=O)C1C2C=CC(CC2)C1C(=O)OCCC(C)C. The van der Waals surface area contributed by atoms with Crippen molar-refractivity contribution >= 4 is 11.9 Å². The van der Waals surface area contributed by atoms with Crippen molar-refractivity contribution in [3.63, 3.8) is 0 Å². The number of hydrogen-bond acceptors (Lipinski definition) is 4. The molecule has 0 aromatic heterocycles. The highest BCUT2D eigenvalue weighted by Gasteiger charge is 2.49. The van der Waals surface area contributed by atoms with E-state index in [0.29, 0.717) is 25.0 Å². The highest BCUT2D eigenvalue weighted by atomic mass is 16.5. The lowest BCUT2D eigenvalue weighted by molar-refractivity contribution is -0.167. The first-order valence-corrected chi connectivity index (χ1v) is 9.41. The molecule has 4 unspecified atom stereocenters. The van der Waals surface area contributed by atoms with E-state index in [4.69, 9.17) is 9.47 Å². The Kier molecular flexibility index (Phi) is 6.88. The van der Waals surface area contributed by atoms with E-state index in [1.54, 1.807) is 0 Å². The van der Waals surface area contributed by atoms with Gasteiger partial charge in [0.2, 0.25) is 0 Å². The fourth-order valence-electron chi connectivity index (χ4n) is 3.62. The zero-order valence-electron chi connectivity index (χ0n) is 15.5. The zero-order chi connectivity index (χ0) is 17.7. The summed E-state index contributed by atoms with van der Waals surface area (Å²) in [5, 5.41) is 0. The van der Waals surface area contributed by atoms with E-state index < -0.39 is 0 Å². The second kappa shape index (κ2) is 8.68. The molecule has 0 radical (unpaired) electrons. The van der Waals surface area contributed by atoms with Crippen LogP contribution in [0.1, 0.15) is 53.4 Å². The molecule has 0 amide bonds. The van der Waals surface area contributed by atoms with Crippen LogP contribution in [0.15, 0.2) is 12.2 Å². The van der Waals surface area contributed by atoms with E-state index in [-0.39, 0.29) is 35.6 Å². The summed E-state index contributed by atoms with van der Waals surface area (Å²) < 4.78 is 11.0. The minimum atomic E-state index is -0.368. The number of rotatable bonds is 8. The third-order valence-corrected chi connectivity index (χ3v) is 5.17. The maximum absolute atomic E-state index is 12.6.